The number of aryl methyl sites for hydroxylation is 2. The number of fused-ring (bicyclic) bond motifs is 3. The van der Waals surface area contributed by atoms with Crippen molar-refractivity contribution in [1.29, 1.82) is 0 Å². The summed E-state index contributed by atoms with van der Waals surface area (Å²) >= 11 is 0. The highest BCUT2D eigenvalue weighted by atomic mass is 16.2. The van der Waals surface area contributed by atoms with Crippen LogP contribution in [0.3, 0.4) is 0 Å². The Labute approximate surface area is 186 Å². The van der Waals surface area contributed by atoms with Crippen molar-refractivity contribution in [3.8, 4) is 0 Å². The van der Waals surface area contributed by atoms with Gasteiger partial charge in [0.25, 0.3) is 5.56 Å². The highest BCUT2D eigenvalue weighted by molar-refractivity contribution is 6.07. The van der Waals surface area contributed by atoms with Crippen molar-refractivity contribution in [3.05, 3.63) is 70.6 Å². The minimum absolute atomic E-state index is 0.0299. The molecule has 7 heteroatoms. The van der Waals surface area contributed by atoms with Crippen LogP contribution in [-0.4, -0.2) is 50.8 Å². The van der Waals surface area contributed by atoms with Gasteiger partial charge in [-0.15, -0.1) is 0 Å². The fourth-order valence-electron chi connectivity index (χ4n) is 4.82. The third-order valence-corrected chi connectivity index (χ3v) is 6.47. The molecule has 4 aromatic rings. The number of rotatable bonds is 3. The van der Waals surface area contributed by atoms with Crippen LogP contribution in [-0.2, 0) is 18.4 Å². The number of hydrogen-bond donors (Lipinski definition) is 0. The van der Waals surface area contributed by atoms with Gasteiger partial charge >= 0.3 is 0 Å². The lowest BCUT2D eigenvalue weighted by atomic mass is 10.1. The molecule has 0 radical (unpaired) electrons. The SMILES string of the molecule is Cc1cccc(N2CCN(C(=O)Cn3c4ccccc4c4cnn(C)c(=O)c43)C[C@H]2C)c1. The van der Waals surface area contributed by atoms with E-state index in [0.717, 1.165) is 22.8 Å². The monoisotopic (exact) mass is 429 g/mol. The molecule has 1 aliphatic rings. The third kappa shape index (κ3) is 3.34. The second-order valence-electron chi connectivity index (χ2n) is 8.66. The van der Waals surface area contributed by atoms with E-state index in [1.165, 1.54) is 15.9 Å². The van der Waals surface area contributed by atoms with E-state index in [0.29, 0.717) is 18.6 Å². The lowest BCUT2D eigenvalue weighted by molar-refractivity contribution is -0.132. The Morgan fingerprint density at radius 2 is 1.91 bits per heavy atom. The van der Waals surface area contributed by atoms with Crippen LogP contribution in [0.2, 0.25) is 0 Å². The summed E-state index contributed by atoms with van der Waals surface area (Å²) in [6, 6.07) is 16.5. The number of benzene rings is 2. The molecule has 3 heterocycles. The van der Waals surface area contributed by atoms with Gasteiger partial charge in [-0.2, -0.15) is 5.10 Å². The molecule has 1 aliphatic heterocycles. The van der Waals surface area contributed by atoms with Crippen LogP contribution < -0.4 is 10.5 Å². The fraction of sp³-hybridized carbons (Fsp3) is 0.320. The molecule has 1 saturated heterocycles. The van der Waals surface area contributed by atoms with Gasteiger partial charge in [0.15, 0.2) is 0 Å². The molecule has 0 unspecified atom stereocenters. The third-order valence-electron chi connectivity index (χ3n) is 6.47. The number of aromatic nitrogens is 3. The first-order valence-electron chi connectivity index (χ1n) is 11.0. The maximum absolute atomic E-state index is 13.4. The van der Waals surface area contributed by atoms with E-state index in [9.17, 15) is 9.59 Å². The molecule has 0 bridgehead atoms. The number of hydrogen-bond acceptors (Lipinski definition) is 4. The van der Waals surface area contributed by atoms with E-state index in [4.69, 9.17) is 0 Å². The fourth-order valence-corrected chi connectivity index (χ4v) is 4.82. The predicted octanol–water partition coefficient (Wildman–Crippen LogP) is 2.93. The summed E-state index contributed by atoms with van der Waals surface area (Å²) in [6.07, 6.45) is 1.71. The molecule has 2 aromatic carbocycles. The number of anilines is 1. The lowest BCUT2D eigenvalue weighted by Crippen LogP contribution is -2.54. The van der Waals surface area contributed by atoms with Gasteiger partial charge in [-0.05, 0) is 37.6 Å². The first-order chi connectivity index (χ1) is 15.4. The molecular weight excluding hydrogens is 402 g/mol. The van der Waals surface area contributed by atoms with E-state index in [2.05, 4.69) is 48.1 Å². The topological polar surface area (TPSA) is 63.4 Å². The lowest BCUT2D eigenvalue weighted by Gasteiger charge is -2.41. The molecule has 1 fully saturated rings. The molecule has 32 heavy (non-hydrogen) atoms. The van der Waals surface area contributed by atoms with Crippen LogP contribution in [0.5, 0.6) is 0 Å². The molecule has 7 nitrogen and oxygen atoms in total. The van der Waals surface area contributed by atoms with Gasteiger partial charge in [0.05, 0.1) is 6.20 Å². The number of carbonyl (C=O) groups is 1. The molecule has 5 rings (SSSR count). The minimum atomic E-state index is -0.191. The molecule has 2 aromatic heterocycles. The van der Waals surface area contributed by atoms with Crippen LogP contribution in [0.25, 0.3) is 21.8 Å². The van der Waals surface area contributed by atoms with Crippen LogP contribution >= 0.6 is 0 Å². The van der Waals surface area contributed by atoms with Crippen molar-refractivity contribution < 1.29 is 4.79 Å². The molecule has 164 valence electrons. The van der Waals surface area contributed by atoms with Crippen molar-refractivity contribution >= 4 is 33.4 Å². The maximum Gasteiger partial charge on any atom is 0.291 e. The highest BCUT2D eigenvalue weighted by Gasteiger charge is 2.28. The molecule has 0 aliphatic carbocycles. The number of carbonyl (C=O) groups excluding carboxylic acids is 1. The van der Waals surface area contributed by atoms with Gasteiger partial charge in [0.2, 0.25) is 5.91 Å². The van der Waals surface area contributed by atoms with Crippen molar-refractivity contribution in [3.63, 3.8) is 0 Å². The van der Waals surface area contributed by atoms with Crippen molar-refractivity contribution in [2.75, 3.05) is 24.5 Å². The summed E-state index contributed by atoms with van der Waals surface area (Å²) < 4.78 is 3.18. The molecule has 0 spiro atoms. The van der Waals surface area contributed by atoms with E-state index in [-0.39, 0.29) is 24.1 Å². The Morgan fingerprint density at radius 3 is 2.69 bits per heavy atom. The van der Waals surface area contributed by atoms with Crippen LogP contribution in [0.4, 0.5) is 5.69 Å². The molecular formula is C25H27N5O2. The van der Waals surface area contributed by atoms with Crippen molar-refractivity contribution in [1.82, 2.24) is 19.2 Å². The zero-order valence-electron chi connectivity index (χ0n) is 18.7. The van der Waals surface area contributed by atoms with E-state index in [1.54, 1.807) is 13.2 Å². The largest absolute Gasteiger partial charge is 0.365 e. The first kappa shape index (κ1) is 20.3. The van der Waals surface area contributed by atoms with Crippen molar-refractivity contribution in [2.24, 2.45) is 7.05 Å². The predicted molar refractivity (Wildman–Crippen MR) is 127 cm³/mol. The standard InChI is InChI=1S/C25H27N5O2/c1-17-7-6-8-19(13-17)29-12-11-28(15-18(29)2)23(31)16-30-22-10-5-4-9-20(22)21-14-26-27(3)25(32)24(21)30/h4-10,13-14,18H,11-12,15-16H2,1-3H3/t18-/m1/s1. The summed E-state index contributed by atoms with van der Waals surface area (Å²) in [5.41, 5.74) is 3.65. The summed E-state index contributed by atoms with van der Waals surface area (Å²) in [4.78, 5) is 30.5. The maximum atomic E-state index is 13.4. The molecule has 1 amide bonds. The Kier molecular flexibility index (Phi) is 4.96. The van der Waals surface area contributed by atoms with Gasteiger partial charge in [-0.1, -0.05) is 30.3 Å². The Morgan fingerprint density at radius 1 is 1.09 bits per heavy atom. The number of para-hydroxylation sites is 1. The second kappa shape index (κ2) is 7.82. The summed E-state index contributed by atoms with van der Waals surface area (Å²) in [7, 11) is 1.64. The average molecular weight is 430 g/mol. The number of piperazine rings is 1. The van der Waals surface area contributed by atoms with Crippen LogP contribution in [0.15, 0.2) is 59.5 Å². The normalized spacial score (nSPS) is 16.8. The smallest absolute Gasteiger partial charge is 0.291 e. The summed E-state index contributed by atoms with van der Waals surface area (Å²) in [5.74, 6) is 0.0299. The van der Waals surface area contributed by atoms with E-state index in [1.807, 2.05) is 33.7 Å². The minimum Gasteiger partial charge on any atom is -0.365 e. The second-order valence-corrected chi connectivity index (χ2v) is 8.66. The first-order valence-corrected chi connectivity index (χ1v) is 11.0. The summed E-state index contributed by atoms with van der Waals surface area (Å²) in [5, 5.41) is 5.91. The average Bonchev–Trinajstić information content (AvgIpc) is 3.10. The zero-order valence-corrected chi connectivity index (χ0v) is 18.7. The van der Waals surface area contributed by atoms with Crippen molar-refractivity contribution in [2.45, 2.75) is 26.4 Å². The number of nitrogens with zero attached hydrogens (tertiary/aromatic N) is 5. The van der Waals surface area contributed by atoms with Crippen LogP contribution in [0, 0.1) is 6.92 Å². The highest BCUT2D eigenvalue weighted by Crippen LogP contribution is 2.27. The van der Waals surface area contributed by atoms with E-state index >= 15 is 0 Å². The van der Waals surface area contributed by atoms with Gasteiger partial charge in [-0.25, -0.2) is 4.68 Å². The van der Waals surface area contributed by atoms with E-state index < -0.39 is 0 Å². The molecule has 0 N–H and O–H groups in total. The Bertz CT molecular complexity index is 1390. The molecule has 0 saturated carbocycles. The van der Waals surface area contributed by atoms with Gasteiger partial charge < -0.3 is 14.4 Å². The van der Waals surface area contributed by atoms with Gasteiger partial charge in [0, 0.05) is 54.7 Å². The molecule has 1 atom stereocenters. The quantitative estimate of drug-likeness (QED) is 0.502. The number of amides is 1. The van der Waals surface area contributed by atoms with Crippen LogP contribution in [0.1, 0.15) is 12.5 Å². The van der Waals surface area contributed by atoms with Gasteiger partial charge in [0.1, 0.15) is 12.1 Å². The van der Waals surface area contributed by atoms with Gasteiger partial charge in [-0.3, -0.25) is 9.59 Å². The zero-order chi connectivity index (χ0) is 22.4. The Balaban J connectivity index is 1.43. The Hall–Kier alpha value is -3.61. The summed E-state index contributed by atoms with van der Waals surface area (Å²) in [6.45, 7) is 6.50.